The van der Waals surface area contributed by atoms with E-state index in [0.29, 0.717) is 39.1 Å². The predicted octanol–water partition coefficient (Wildman–Crippen LogP) is 3.44. The van der Waals surface area contributed by atoms with Gasteiger partial charge in [-0.05, 0) is 43.2 Å². The van der Waals surface area contributed by atoms with E-state index in [2.05, 4.69) is 15.0 Å². The number of aromatic amines is 1. The number of nitrogens with one attached hydrogen (secondary N) is 1. The largest absolute Gasteiger partial charge is 0.493 e. The van der Waals surface area contributed by atoms with E-state index in [9.17, 15) is 4.79 Å². The molecule has 3 rings (SSSR count). The number of nitrogens with zero attached hydrogens (tertiary/aromatic N) is 2. The van der Waals surface area contributed by atoms with Gasteiger partial charge in [0.2, 0.25) is 0 Å². The van der Waals surface area contributed by atoms with Crippen LogP contribution in [-0.2, 0) is 5.75 Å². The first-order valence-corrected chi connectivity index (χ1v) is 9.59. The van der Waals surface area contributed by atoms with Gasteiger partial charge in [-0.15, -0.1) is 0 Å². The van der Waals surface area contributed by atoms with Gasteiger partial charge in [-0.3, -0.25) is 4.79 Å². The Morgan fingerprint density at radius 2 is 1.86 bits per heavy atom. The maximum atomic E-state index is 12.4. The first-order valence-electron chi connectivity index (χ1n) is 8.60. The minimum Gasteiger partial charge on any atom is -0.493 e. The van der Waals surface area contributed by atoms with Gasteiger partial charge in [-0.2, -0.15) is 0 Å². The van der Waals surface area contributed by atoms with Gasteiger partial charge in [0.1, 0.15) is 5.82 Å². The number of nitrogens with two attached hydrogens (primary N) is 1. The molecule has 8 heteroatoms. The van der Waals surface area contributed by atoms with Crippen molar-refractivity contribution in [1.29, 1.82) is 0 Å². The highest BCUT2D eigenvalue weighted by Gasteiger charge is 2.11. The van der Waals surface area contributed by atoms with Crippen molar-refractivity contribution in [2.24, 2.45) is 10.7 Å². The van der Waals surface area contributed by atoms with E-state index in [4.69, 9.17) is 15.2 Å². The van der Waals surface area contributed by atoms with Crippen LogP contribution in [0.15, 0.2) is 40.1 Å². The van der Waals surface area contributed by atoms with Crippen LogP contribution < -0.4 is 20.8 Å². The molecule has 0 radical (unpaired) electrons. The Balaban J connectivity index is 1.83. The number of aliphatic imine (C=N–C) groups is 1. The first kappa shape index (κ1) is 19.8. The number of thioether (sulfide) groups is 1. The standard InChI is InChI=1S/C20H22N4O3S/c1-11-5-6-13(7-12(11)2)22-20(21)28-10-18-23-15-9-17(27-4)16(26-3)8-14(15)19(25)24-18/h5-9H,10H2,1-4H3,(H2,21,22)(H,23,24,25). The Hall–Kier alpha value is -3.00. The van der Waals surface area contributed by atoms with Gasteiger partial charge in [0, 0.05) is 6.07 Å². The normalized spacial score (nSPS) is 11.6. The number of rotatable bonds is 5. The lowest BCUT2D eigenvalue weighted by Gasteiger charge is -2.09. The molecule has 0 aliphatic carbocycles. The molecule has 3 aromatic rings. The minimum atomic E-state index is -0.244. The molecule has 146 valence electrons. The lowest BCUT2D eigenvalue weighted by molar-refractivity contribution is 0.355. The third kappa shape index (κ3) is 4.28. The fraction of sp³-hybridized carbons (Fsp3) is 0.250. The number of aromatic nitrogens is 2. The zero-order valence-corrected chi connectivity index (χ0v) is 17.0. The predicted molar refractivity (Wildman–Crippen MR) is 114 cm³/mol. The van der Waals surface area contributed by atoms with Crippen molar-refractivity contribution in [3.05, 3.63) is 57.6 Å². The molecule has 7 nitrogen and oxygen atoms in total. The molecule has 0 saturated heterocycles. The van der Waals surface area contributed by atoms with Crippen LogP contribution in [0, 0.1) is 13.8 Å². The summed E-state index contributed by atoms with van der Waals surface area (Å²) < 4.78 is 10.5. The van der Waals surface area contributed by atoms with Crippen molar-refractivity contribution < 1.29 is 9.47 Å². The summed E-state index contributed by atoms with van der Waals surface area (Å²) in [5.74, 6) is 1.89. The fourth-order valence-electron chi connectivity index (χ4n) is 2.68. The summed E-state index contributed by atoms with van der Waals surface area (Å²) in [6, 6.07) is 9.22. The average molecular weight is 398 g/mol. The van der Waals surface area contributed by atoms with Gasteiger partial charge in [0.15, 0.2) is 16.7 Å². The molecule has 0 unspecified atom stereocenters. The summed E-state index contributed by atoms with van der Waals surface area (Å²) in [5, 5.41) is 0.835. The molecule has 2 aromatic carbocycles. The molecule has 28 heavy (non-hydrogen) atoms. The van der Waals surface area contributed by atoms with Crippen LogP contribution in [0.4, 0.5) is 5.69 Å². The monoisotopic (exact) mass is 398 g/mol. The van der Waals surface area contributed by atoms with E-state index in [1.165, 1.54) is 31.5 Å². The second-order valence-electron chi connectivity index (χ2n) is 6.24. The molecule has 0 saturated carbocycles. The summed E-state index contributed by atoms with van der Waals surface area (Å²) in [7, 11) is 3.06. The van der Waals surface area contributed by atoms with Crippen LogP contribution in [-0.4, -0.2) is 29.4 Å². The molecule has 1 heterocycles. The lowest BCUT2D eigenvalue weighted by Crippen LogP contribution is -2.13. The number of benzene rings is 2. The zero-order valence-electron chi connectivity index (χ0n) is 16.2. The van der Waals surface area contributed by atoms with Crippen LogP contribution >= 0.6 is 11.8 Å². The van der Waals surface area contributed by atoms with Crippen molar-refractivity contribution >= 4 is 33.5 Å². The highest BCUT2D eigenvalue weighted by atomic mass is 32.2. The number of methoxy groups -OCH3 is 2. The van der Waals surface area contributed by atoms with E-state index < -0.39 is 0 Å². The molecule has 1 aromatic heterocycles. The summed E-state index contributed by atoms with van der Waals surface area (Å²) in [4.78, 5) is 24.1. The number of hydrogen-bond donors (Lipinski definition) is 2. The minimum absolute atomic E-state index is 0.244. The van der Waals surface area contributed by atoms with Crippen LogP contribution in [0.2, 0.25) is 0 Å². The zero-order chi connectivity index (χ0) is 20.3. The van der Waals surface area contributed by atoms with Gasteiger partial charge in [-0.1, -0.05) is 17.8 Å². The van der Waals surface area contributed by atoms with E-state index >= 15 is 0 Å². The number of hydrogen-bond acceptors (Lipinski definition) is 6. The summed E-state index contributed by atoms with van der Waals surface area (Å²) in [6.07, 6.45) is 0. The topological polar surface area (TPSA) is 103 Å². The molecule has 0 spiro atoms. The highest BCUT2D eigenvalue weighted by Crippen LogP contribution is 2.30. The second kappa shape index (κ2) is 8.35. The summed E-state index contributed by atoms with van der Waals surface area (Å²) in [5.41, 5.74) is 9.47. The number of amidine groups is 1. The summed E-state index contributed by atoms with van der Waals surface area (Å²) in [6.45, 7) is 4.08. The van der Waals surface area contributed by atoms with Crippen LogP contribution in [0.3, 0.4) is 0 Å². The Kier molecular flexibility index (Phi) is 5.89. The third-order valence-corrected chi connectivity index (χ3v) is 5.15. The van der Waals surface area contributed by atoms with Gasteiger partial charge in [0.05, 0.1) is 36.6 Å². The molecule has 0 atom stereocenters. The van der Waals surface area contributed by atoms with E-state index in [0.717, 1.165) is 11.3 Å². The number of ether oxygens (including phenoxy) is 2. The van der Waals surface area contributed by atoms with Crippen LogP contribution in [0.25, 0.3) is 10.9 Å². The molecular formula is C20H22N4O3S. The van der Waals surface area contributed by atoms with Crippen molar-refractivity contribution in [1.82, 2.24) is 9.97 Å². The van der Waals surface area contributed by atoms with Crippen molar-refractivity contribution in [3.8, 4) is 11.5 Å². The van der Waals surface area contributed by atoms with Gasteiger partial charge in [-0.25, -0.2) is 9.98 Å². The molecular weight excluding hydrogens is 376 g/mol. The third-order valence-electron chi connectivity index (χ3n) is 4.35. The Bertz CT molecular complexity index is 1110. The molecule has 0 aliphatic heterocycles. The maximum Gasteiger partial charge on any atom is 0.258 e. The fourth-order valence-corrected chi connectivity index (χ4v) is 3.27. The van der Waals surface area contributed by atoms with Crippen molar-refractivity contribution in [2.75, 3.05) is 14.2 Å². The van der Waals surface area contributed by atoms with Crippen LogP contribution in [0.1, 0.15) is 17.0 Å². The smallest absolute Gasteiger partial charge is 0.258 e. The van der Waals surface area contributed by atoms with Gasteiger partial charge >= 0.3 is 0 Å². The molecule has 3 N–H and O–H groups in total. The molecule has 0 fully saturated rings. The Morgan fingerprint density at radius 3 is 2.54 bits per heavy atom. The van der Waals surface area contributed by atoms with Crippen molar-refractivity contribution in [2.45, 2.75) is 19.6 Å². The molecule has 0 amide bonds. The first-order chi connectivity index (χ1) is 13.4. The Morgan fingerprint density at radius 1 is 1.14 bits per heavy atom. The lowest BCUT2D eigenvalue weighted by atomic mass is 10.1. The molecule has 0 aliphatic rings. The van der Waals surface area contributed by atoms with E-state index in [1.807, 2.05) is 32.0 Å². The van der Waals surface area contributed by atoms with Crippen molar-refractivity contribution in [3.63, 3.8) is 0 Å². The number of H-pyrrole nitrogens is 1. The highest BCUT2D eigenvalue weighted by molar-refractivity contribution is 8.13. The second-order valence-corrected chi connectivity index (χ2v) is 7.24. The maximum absolute atomic E-state index is 12.4. The quantitative estimate of drug-likeness (QED) is 0.504. The Labute approximate surface area is 167 Å². The summed E-state index contributed by atoms with van der Waals surface area (Å²) >= 11 is 1.31. The van der Waals surface area contributed by atoms with Gasteiger partial charge in [0.25, 0.3) is 5.56 Å². The van der Waals surface area contributed by atoms with E-state index in [1.54, 1.807) is 12.1 Å². The van der Waals surface area contributed by atoms with Crippen LogP contribution in [0.5, 0.6) is 11.5 Å². The van der Waals surface area contributed by atoms with E-state index in [-0.39, 0.29) is 5.56 Å². The SMILES string of the molecule is COc1cc2nc(CSC(N)=Nc3ccc(C)c(C)c3)[nH]c(=O)c2cc1OC. The average Bonchev–Trinajstić information content (AvgIpc) is 2.68. The number of aryl methyl sites for hydroxylation is 2. The molecule has 0 bridgehead atoms. The number of fused-ring (bicyclic) bond motifs is 1. The van der Waals surface area contributed by atoms with Gasteiger partial charge < -0.3 is 20.2 Å².